The van der Waals surface area contributed by atoms with Gasteiger partial charge in [-0.05, 0) is 27.8 Å². The van der Waals surface area contributed by atoms with E-state index >= 15 is 0 Å². The summed E-state index contributed by atoms with van der Waals surface area (Å²) in [5, 5.41) is 1.13. The van der Waals surface area contributed by atoms with Gasteiger partial charge in [0.25, 0.3) is 0 Å². The van der Waals surface area contributed by atoms with Crippen LogP contribution >= 0.6 is 11.3 Å². The first-order valence-corrected chi connectivity index (χ1v) is 6.97. The van der Waals surface area contributed by atoms with Crippen LogP contribution < -0.4 is 10.6 Å². The van der Waals surface area contributed by atoms with Crippen molar-refractivity contribution in [1.82, 2.24) is 9.88 Å². The molecule has 2 heterocycles. The second-order valence-corrected chi connectivity index (χ2v) is 6.04. The van der Waals surface area contributed by atoms with Crippen LogP contribution in [0.2, 0.25) is 0 Å². The van der Waals surface area contributed by atoms with Crippen LogP contribution in [0.25, 0.3) is 0 Å². The van der Waals surface area contributed by atoms with E-state index in [2.05, 4.69) is 35.7 Å². The molecule has 0 saturated carbocycles. The molecule has 2 N–H and O–H groups in total. The van der Waals surface area contributed by atoms with E-state index in [9.17, 15) is 0 Å². The molecule has 1 aromatic heterocycles. The summed E-state index contributed by atoms with van der Waals surface area (Å²) in [5.74, 6) is 0. The van der Waals surface area contributed by atoms with E-state index in [0.29, 0.717) is 18.6 Å². The highest BCUT2D eigenvalue weighted by molar-refractivity contribution is 7.15. The van der Waals surface area contributed by atoms with Gasteiger partial charge in [0.1, 0.15) is 0 Å². The Kier molecular flexibility index (Phi) is 3.70. The molecule has 2 unspecified atom stereocenters. The summed E-state index contributed by atoms with van der Waals surface area (Å²) in [6, 6.07) is 1.15. The van der Waals surface area contributed by atoms with Gasteiger partial charge in [-0.25, -0.2) is 4.98 Å². The SMILES string of the molecule is Cc1nc(N2CC(C)N(C)C(C)C2)sc1CN. The largest absolute Gasteiger partial charge is 0.345 e. The molecule has 1 fully saturated rings. The topological polar surface area (TPSA) is 45.4 Å². The van der Waals surface area contributed by atoms with Crippen LogP contribution in [0.5, 0.6) is 0 Å². The molecular formula is C12H22N4S. The molecule has 0 radical (unpaired) electrons. The maximum atomic E-state index is 5.71. The number of rotatable bonds is 2. The van der Waals surface area contributed by atoms with Gasteiger partial charge in [0.05, 0.1) is 5.69 Å². The molecule has 2 atom stereocenters. The average molecular weight is 254 g/mol. The minimum Gasteiger partial charge on any atom is -0.345 e. The lowest BCUT2D eigenvalue weighted by molar-refractivity contribution is 0.170. The van der Waals surface area contributed by atoms with Gasteiger partial charge in [-0.1, -0.05) is 0 Å². The number of hydrogen-bond acceptors (Lipinski definition) is 5. The molecule has 1 aromatic rings. The van der Waals surface area contributed by atoms with Crippen molar-refractivity contribution in [3.8, 4) is 0 Å². The monoisotopic (exact) mass is 254 g/mol. The molecule has 0 aromatic carbocycles. The first-order chi connectivity index (χ1) is 8.02. The lowest BCUT2D eigenvalue weighted by Crippen LogP contribution is -2.55. The van der Waals surface area contributed by atoms with Gasteiger partial charge in [-0.3, -0.25) is 4.90 Å². The molecule has 0 spiro atoms. The molecule has 1 aliphatic rings. The molecule has 0 aliphatic carbocycles. The van der Waals surface area contributed by atoms with Crippen LogP contribution in [0.1, 0.15) is 24.4 Å². The minimum absolute atomic E-state index is 0.573. The van der Waals surface area contributed by atoms with Gasteiger partial charge in [0.2, 0.25) is 0 Å². The number of likely N-dealkylation sites (N-methyl/N-ethyl adjacent to an activating group) is 1. The van der Waals surface area contributed by atoms with Gasteiger partial charge in [-0.2, -0.15) is 0 Å². The zero-order valence-electron chi connectivity index (χ0n) is 11.1. The summed E-state index contributed by atoms with van der Waals surface area (Å²) in [7, 11) is 2.20. The first-order valence-electron chi connectivity index (χ1n) is 6.16. The van der Waals surface area contributed by atoms with Crippen molar-refractivity contribution in [3.63, 3.8) is 0 Å². The summed E-state index contributed by atoms with van der Waals surface area (Å²) in [6.45, 7) is 9.29. The number of aromatic nitrogens is 1. The van der Waals surface area contributed by atoms with Crippen molar-refractivity contribution in [3.05, 3.63) is 10.6 Å². The number of anilines is 1. The molecule has 0 amide bonds. The van der Waals surface area contributed by atoms with Crippen LogP contribution in [0.3, 0.4) is 0 Å². The molecule has 0 bridgehead atoms. The Bertz CT molecular complexity index is 378. The predicted octanol–water partition coefficient (Wildman–Crippen LogP) is 1.44. The molecule has 96 valence electrons. The minimum atomic E-state index is 0.573. The molecule has 5 heteroatoms. The van der Waals surface area contributed by atoms with E-state index in [-0.39, 0.29) is 0 Å². The molecule has 4 nitrogen and oxygen atoms in total. The van der Waals surface area contributed by atoms with E-state index in [0.717, 1.165) is 23.9 Å². The van der Waals surface area contributed by atoms with Gasteiger partial charge < -0.3 is 10.6 Å². The van der Waals surface area contributed by atoms with Crippen molar-refractivity contribution in [1.29, 1.82) is 0 Å². The highest BCUT2D eigenvalue weighted by Crippen LogP contribution is 2.28. The van der Waals surface area contributed by atoms with Crippen molar-refractivity contribution >= 4 is 16.5 Å². The molecule has 2 rings (SSSR count). The number of hydrogen-bond donors (Lipinski definition) is 1. The number of nitrogens with zero attached hydrogens (tertiary/aromatic N) is 3. The third-order valence-corrected chi connectivity index (χ3v) is 4.94. The summed E-state index contributed by atoms with van der Waals surface area (Å²) in [5.41, 5.74) is 6.80. The molecular weight excluding hydrogens is 232 g/mol. The van der Waals surface area contributed by atoms with E-state index in [1.54, 1.807) is 11.3 Å². The molecule has 17 heavy (non-hydrogen) atoms. The molecule has 1 saturated heterocycles. The van der Waals surface area contributed by atoms with Gasteiger partial charge in [-0.15, -0.1) is 11.3 Å². The Morgan fingerprint density at radius 2 is 1.94 bits per heavy atom. The lowest BCUT2D eigenvalue weighted by Gasteiger charge is -2.42. The fourth-order valence-electron chi connectivity index (χ4n) is 2.30. The van der Waals surface area contributed by atoms with Gasteiger partial charge in [0, 0.05) is 36.6 Å². The Labute approximate surface area is 107 Å². The highest BCUT2D eigenvalue weighted by atomic mass is 32.1. The number of thiazole rings is 1. The van der Waals surface area contributed by atoms with Crippen LogP contribution in [0, 0.1) is 6.92 Å². The van der Waals surface area contributed by atoms with Crippen LogP contribution in [0.4, 0.5) is 5.13 Å². The van der Waals surface area contributed by atoms with Crippen molar-refractivity contribution in [2.24, 2.45) is 5.73 Å². The number of aryl methyl sites for hydroxylation is 1. The van der Waals surface area contributed by atoms with Crippen LogP contribution in [-0.4, -0.2) is 42.1 Å². The predicted molar refractivity (Wildman–Crippen MR) is 73.6 cm³/mol. The fraction of sp³-hybridized carbons (Fsp3) is 0.750. The van der Waals surface area contributed by atoms with Crippen molar-refractivity contribution in [2.75, 3.05) is 25.0 Å². The third kappa shape index (κ3) is 2.46. The van der Waals surface area contributed by atoms with Crippen molar-refractivity contribution < 1.29 is 0 Å². The van der Waals surface area contributed by atoms with E-state index in [1.165, 1.54) is 4.88 Å². The van der Waals surface area contributed by atoms with E-state index in [4.69, 9.17) is 5.73 Å². The normalized spacial score (nSPS) is 26.5. The smallest absolute Gasteiger partial charge is 0.185 e. The summed E-state index contributed by atoms with van der Waals surface area (Å²) in [4.78, 5) is 10.7. The Morgan fingerprint density at radius 3 is 2.41 bits per heavy atom. The summed E-state index contributed by atoms with van der Waals surface area (Å²) < 4.78 is 0. The Morgan fingerprint density at radius 1 is 1.35 bits per heavy atom. The Balaban J connectivity index is 2.17. The van der Waals surface area contributed by atoms with Crippen LogP contribution in [-0.2, 0) is 6.54 Å². The summed E-state index contributed by atoms with van der Waals surface area (Å²) in [6.07, 6.45) is 0. The van der Waals surface area contributed by atoms with Crippen molar-refractivity contribution in [2.45, 2.75) is 39.4 Å². The van der Waals surface area contributed by atoms with Gasteiger partial charge in [0.15, 0.2) is 5.13 Å². The highest BCUT2D eigenvalue weighted by Gasteiger charge is 2.28. The van der Waals surface area contributed by atoms with Crippen LogP contribution in [0.15, 0.2) is 0 Å². The Hall–Kier alpha value is -0.650. The van der Waals surface area contributed by atoms with Gasteiger partial charge >= 0.3 is 0 Å². The number of piperazine rings is 1. The lowest BCUT2D eigenvalue weighted by atomic mass is 10.1. The second-order valence-electron chi connectivity index (χ2n) is 4.98. The van der Waals surface area contributed by atoms with E-state index in [1.807, 2.05) is 6.92 Å². The molecule has 1 aliphatic heterocycles. The quantitative estimate of drug-likeness (QED) is 0.867. The first kappa shape index (κ1) is 12.8. The fourth-order valence-corrected chi connectivity index (χ4v) is 3.26. The maximum absolute atomic E-state index is 5.71. The van der Waals surface area contributed by atoms with E-state index < -0.39 is 0 Å². The summed E-state index contributed by atoms with van der Waals surface area (Å²) >= 11 is 1.74. The third-order valence-electron chi connectivity index (χ3n) is 3.70. The second kappa shape index (κ2) is 4.92. The maximum Gasteiger partial charge on any atom is 0.185 e. The zero-order valence-corrected chi connectivity index (χ0v) is 11.9. The average Bonchev–Trinajstić information content (AvgIpc) is 2.66. The zero-order chi connectivity index (χ0) is 12.6. The number of nitrogens with two attached hydrogens (primary N) is 1. The standard InChI is InChI=1S/C12H22N4S/c1-8-6-16(7-9(2)15(8)4)12-14-10(3)11(5-13)17-12/h8-9H,5-7,13H2,1-4H3.